The third kappa shape index (κ3) is 2.21. The smallest absolute Gasteiger partial charge is 0.223 e. The first-order valence-electron chi connectivity index (χ1n) is 5.15. The number of hydrogen-bond donors (Lipinski definition) is 1. The maximum absolute atomic E-state index is 11.4. The molecule has 0 aromatic rings. The summed E-state index contributed by atoms with van der Waals surface area (Å²) in [5.74, 6) is 1.10. The molecule has 2 atom stereocenters. The van der Waals surface area contributed by atoms with Crippen LogP contribution in [0.1, 0.15) is 26.2 Å². The van der Waals surface area contributed by atoms with Crippen LogP contribution in [0.15, 0.2) is 0 Å². The summed E-state index contributed by atoms with van der Waals surface area (Å²) in [6.07, 6.45) is 3.26. The van der Waals surface area contributed by atoms with Gasteiger partial charge in [-0.1, -0.05) is 0 Å². The quantitative estimate of drug-likeness (QED) is 0.707. The molecule has 0 radical (unpaired) electrons. The zero-order valence-corrected chi connectivity index (χ0v) is 8.08. The van der Waals surface area contributed by atoms with E-state index < -0.39 is 0 Å². The molecule has 0 aromatic carbocycles. The predicted octanol–water partition coefficient (Wildman–Crippen LogP) is 0.938. The maximum atomic E-state index is 11.4. The van der Waals surface area contributed by atoms with Crippen molar-refractivity contribution in [3.8, 4) is 0 Å². The third-order valence-corrected chi connectivity index (χ3v) is 2.99. The monoisotopic (exact) mass is 183 g/mol. The van der Waals surface area contributed by atoms with Gasteiger partial charge >= 0.3 is 0 Å². The Labute approximate surface area is 78.8 Å². The number of nitrogens with one attached hydrogen (secondary N) is 1. The molecule has 1 heterocycles. The molecule has 13 heavy (non-hydrogen) atoms. The van der Waals surface area contributed by atoms with Crippen molar-refractivity contribution >= 4 is 5.91 Å². The Bertz CT molecular complexity index is 195. The van der Waals surface area contributed by atoms with Crippen molar-refractivity contribution in [2.75, 3.05) is 13.2 Å². The number of rotatable bonds is 3. The fraction of sp³-hybridized carbons (Fsp3) is 0.900. The van der Waals surface area contributed by atoms with Crippen LogP contribution in [0.4, 0.5) is 0 Å². The molecule has 1 saturated carbocycles. The topological polar surface area (TPSA) is 38.3 Å². The van der Waals surface area contributed by atoms with Gasteiger partial charge in [0.25, 0.3) is 0 Å². The first kappa shape index (κ1) is 9.00. The fourth-order valence-electron chi connectivity index (χ4n) is 1.75. The molecule has 0 spiro atoms. The van der Waals surface area contributed by atoms with E-state index >= 15 is 0 Å². The van der Waals surface area contributed by atoms with Gasteiger partial charge in [-0.25, -0.2) is 0 Å². The van der Waals surface area contributed by atoms with Gasteiger partial charge in [0.05, 0.1) is 6.61 Å². The molecule has 1 N–H and O–H groups in total. The molecule has 0 aromatic heterocycles. The Kier molecular flexibility index (Phi) is 2.54. The SMILES string of the molecule is CC(NC(=O)C1CC1)C1CCOC1. The van der Waals surface area contributed by atoms with Crippen molar-refractivity contribution in [3.05, 3.63) is 0 Å². The van der Waals surface area contributed by atoms with Crippen molar-refractivity contribution in [1.82, 2.24) is 5.32 Å². The zero-order valence-electron chi connectivity index (χ0n) is 8.08. The minimum atomic E-state index is 0.249. The summed E-state index contributed by atoms with van der Waals surface area (Å²) >= 11 is 0. The standard InChI is InChI=1S/C10H17NO2/c1-7(9-4-5-13-6-9)11-10(12)8-2-3-8/h7-9H,2-6H2,1H3,(H,11,12). The van der Waals surface area contributed by atoms with Crippen LogP contribution in [-0.4, -0.2) is 25.2 Å². The van der Waals surface area contributed by atoms with E-state index in [1.807, 2.05) is 0 Å². The van der Waals surface area contributed by atoms with Gasteiger partial charge in [0, 0.05) is 24.5 Å². The van der Waals surface area contributed by atoms with E-state index in [1.54, 1.807) is 0 Å². The van der Waals surface area contributed by atoms with Crippen LogP contribution in [0.25, 0.3) is 0 Å². The minimum absolute atomic E-state index is 0.249. The Hall–Kier alpha value is -0.570. The lowest BCUT2D eigenvalue weighted by molar-refractivity contribution is -0.123. The van der Waals surface area contributed by atoms with Gasteiger partial charge in [-0.3, -0.25) is 4.79 Å². The number of carbonyl (C=O) groups excluding carboxylic acids is 1. The molecule has 1 saturated heterocycles. The van der Waals surface area contributed by atoms with Gasteiger partial charge in [-0.15, -0.1) is 0 Å². The second-order valence-electron chi connectivity index (χ2n) is 4.20. The van der Waals surface area contributed by atoms with E-state index in [2.05, 4.69) is 12.2 Å². The maximum Gasteiger partial charge on any atom is 0.223 e. The summed E-state index contributed by atoms with van der Waals surface area (Å²) in [6.45, 7) is 3.75. The fourth-order valence-corrected chi connectivity index (χ4v) is 1.75. The molecule has 3 heteroatoms. The molecule has 1 amide bonds. The summed E-state index contributed by atoms with van der Waals surface area (Å²) in [4.78, 5) is 11.4. The summed E-state index contributed by atoms with van der Waals surface area (Å²) in [6, 6.07) is 0.288. The molecule has 2 fully saturated rings. The van der Waals surface area contributed by atoms with Crippen molar-refractivity contribution in [1.29, 1.82) is 0 Å². The summed E-state index contributed by atoms with van der Waals surface area (Å²) in [5.41, 5.74) is 0. The van der Waals surface area contributed by atoms with Gasteiger partial charge in [0.2, 0.25) is 5.91 Å². The van der Waals surface area contributed by atoms with Gasteiger partial charge in [0.1, 0.15) is 0 Å². The lowest BCUT2D eigenvalue weighted by Crippen LogP contribution is -2.39. The second kappa shape index (κ2) is 3.66. The molecule has 1 aliphatic carbocycles. The van der Waals surface area contributed by atoms with E-state index in [4.69, 9.17) is 4.74 Å². The highest BCUT2D eigenvalue weighted by atomic mass is 16.5. The molecule has 2 unspecified atom stereocenters. The zero-order chi connectivity index (χ0) is 9.26. The van der Waals surface area contributed by atoms with Crippen LogP contribution in [0, 0.1) is 11.8 Å². The highest BCUT2D eigenvalue weighted by Crippen LogP contribution is 2.29. The molecule has 2 rings (SSSR count). The van der Waals surface area contributed by atoms with Crippen molar-refractivity contribution < 1.29 is 9.53 Å². The third-order valence-electron chi connectivity index (χ3n) is 2.99. The lowest BCUT2D eigenvalue weighted by Gasteiger charge is -2.18. The largest absolute Gasteiger partial charge is 0.381 e. The summed E-state index contributed by atoms with van der Waals surface area (Å²) in [5, 5.41) is 3.06. The highest BCUT2D eigenvalue weighted by molar-refractivity contribution is 5.81. The average molecular weight is 183 g/mol. The predicted molar refractivity (Wildman–Crippen MR) is 49.3 cm³/mol. The molecule has 2 aliphatic rings. The Balaban J connectivity index is 1.75. The Morgan fingerprint density at radius 3 is 2.77 bits per heavy atom. The highest BCUT2D eigenvalue weighted by Gasteiger charge is 2.32. The van der Waals surface area contributed by atoms with E-state index in [1.165, 1.54) is 0 Å². The van der Waals surface area contributed by atoms with Crippen LogP contribution in [0.2, 0.25) is 0 Å². The molecule has 3 nitrogen and oxygen atoms in total. The van der Waals surface area contributed by atoms with Crippen molar-refractivity contribution in [2.45, 2.75) is 32.2 Å². The van der Waals surface area contributed by atoms with Crippen molar-refractivity contribution in [2.24, 2.45) is 11.8 Å². The van der Waals surface area contributed by atoms with Crippen LogP contribution in [-0.2, 0) is 9.53 Å². The van der Waals surface area contributed by atoms with Gasteiger partial charge in [-0.2, -0.15) is 0 Å². The Morgan fingerprint density at radius 2 is 2.23 bits per heavy atom. The normalized spacial score (nSPS) is 30.1. The van der Waals surface area contributed by atoms with E-state index in [0.717, 1.165) is 32.5 Å². The van der Waals surface area contributed by atoms with E-state index in [9.17, 15) is 4.79 Å². The number of hydrogen-bond acceptors (Lipinski definition) is 2. The molecular formula is C10H17NO2. The molecule has 1 aliphatic heterocycles. The molecule has 0 bridgehead atoms. The van der Waals surface area contributed by atoms with Crippen LogP contribution < -0.4 is 5.32 Å². The number of ether oxygens (including phenoxy) is 1. The summed E-state index contributed by atoms with van der Waals surface area (Å²) in [7, 11) is 0. The molecular weight excluding hydrogens is 166 g/mol. The lowest BCUT2D eigenvalue weighted by atomic mass is 10.0. The van der Waals surface area contributed by atoms with Gasteiger partial charge in [0.15, 0.2) is 0 Å². The number of amides is 1. The first-order chi connectivity index (χ1) is 6.27. The first-order valence-corrected chi connectivity index (χ1v) is 5.15. The second-order valence-corrected chi connectivity index (χ2v) is 4.20. The summed E-state index contributed by atoms with van der Waals surface area (Å²) < 4.78 is 5.28. The minimum Gasteiger partial charge on any atom is -0.381 e. The Morgan fingerprint density at radius 1 is 1.46 bits per heavy atom. The van der Waals surface area contributed by atoms with Crippen LogP contribution >= 0.6 is 0 Å². The van der Waals surface area contributed by atoms with Gasteiger partial charge < -0.3 is 10.1 Å². The van der Waals surface area contributed by atoms with E-state index in [-0.39, 0.29) is 11.9 Å². The van der Waals surface area contributed by atoms with Gasteiger partial charge in [-0.05, 0) is 26.2 Å². The average Bonchev–Trinajstić information content (AvgIpc) is 2.81. The van der Waals surface area contributed by atoms with Crippen LogP contribution in [0.5, 0.6) is 0 Å². The van der Waals surface area contributed by atoms with Crippen molar-refractivity contribution in [3.63, 3.8) is 0 Å². The molecule has 74 valence electrons. The number of carbonyl (C=O) groups is 1. The van der Waals surface area contributed by atoms with Crippen LogP contribution in [0.3, 0.4) is 0 Å². The van der Waals surface area contributed by atoms with E-state index in [0.29, 0.717) is 11.8 Å².